The summed E-state index contributed by atoms with van der Waals surface area (Å²) in [6, 6.07) is 0.336. The van der Waals surface area contributed by atoms with Gasteiger partial charge >= 0.3 is 0 Å². The second-order valence-electron chi connectivity index (χ2n) is 3.46. The second-order valence-corrected chi connectivity index (χ2v) is 6.37. The van der Waals surface area contributed by atoms with E-state index in [1.807, 2.05) is 20.1 Å². The number of hydrogen-bond donors (Lipinski definition) is 2. The molecule has 0 aromatic rings. The van der Waals surface area contributed by atoms with Crippen LogP contribution in [-0.2, 0) is 10.1 Å². The highest BCUT2D eigenvalue weighted by Gasteiger charge is 2.07. The van der Waals surface area contributed by atoms with Gasteiger partial charge in [-0.25, -0.2) is 0 Å². The second kappa shape index (κ2) is 4.88. The predicted molar refractivity (Wildman–Crippen MR) is 53.5 cm³/mol. The van der Waals surface area contributed by atoms with Gasteiger partial charge in [-0.1, -0.05) is 23.5 Å². The third-order valence-corrected chi connectivity index (χ3v) is 3.70. The molecule has 0 rings (SSSR count). The van der Waals surface area contributed by atoms with Crippen LogP contribution in [0.4, 0.5) is 0 Å². The zero-order valence-electron chi connectivity index (χ0n) is 8.05. The zero-order valence-corrected chi connectivity index (χ0v) is 8.95. The molecule has 2 nitrogen and oxygen atoms in total. The molecule has 1 N–H and O–H groups in total. The first kappa shape index (κ1) is 11.1. The maximum absolute atomic E-state index is 11.7. The van der Waals surface area contributed by atoms with E-state index < -0.39 is 10.1 Å². The number of thiol groups is 1. The summed E-state index contributed by atoms with van der Waals surface area (Å²) < 4.78 is 14.8. The van der Waals surface area contributed by atoms with Crippen LogP contribution >= 0.6 is 0 Å². The molecule has 0 saturated heterocycles. The van der Waals surface area contributed by atoms with Crippen molar-refractivity contribution < 1.29 is 4.21 Å². The van der Waals surface area contributed by atoms with Crippen LogP contribution in [0.15, 0.2) is 0 Å². The Morgan fingerprint density at radius 2 is 2.00 bits per heavy atom. The van der Waals surface area contributed by atoms with Crippen molar-refractivity contribution in [1.29, 1.82) is 0 Å². The van der Waals surface area contributed by atoms with Crippen molar-refractivity contribution in [1.82, 2.24) is 4.72 Å². The molecule has 0 radical (unpaired) electrons. The summed E-state index contributed by atoms with van der Waals surface area (Å²) in [7, 11) is -2.02. The van der Waals surface area contributed by atoms with E-state index in [2.05, 4.69) is 11.6 Å². The molecule has 0 aliphatic rings. The fraction of sp³-hybridized carbons (Fsp3) is 1.00. The third-order valence-electron chi connectivity index (χ3n) is 1.47. The van der Waals surface area contributed by atoms with Crippen LogP contribution in [0, 0.1) is 0 Å². The van der Waals surface area contributed by atoms with Gasteiger partial charge in [-0.3, -0.25) is 8.93 Å². The largest absolute Gasteiger partial charge is 0.271 e. The number of hydrogen-bond acceptors (Lipinski definition) is 1. The van der Waals surface area contributed by atoms with Crippen molar-refractivity contribution >= 4 is 10.1 Å². The fourth-order valence-corrected chi connectivity index (χ4v) is 3.21. The van der Waals surface area contributed by atoms with Crippen molar-refractivity contribution in [2.24, 2.45) is 0 Å². The molecule has 70 valence electrons. The zero-order chi connectivity index (χ0) is 8.91. The van der Waals surface area contributed by atoms with Gasteiger partial charge in [-0.15, -0.1) is 0 Å². The highest BCUT2D eigenvalue weighted by Crippen LogP contribution is 2.00. The average molecular weight is 179 g/mol. The standard InChI is InChI=1S/C8H21NOS/c1-5-6-7-11(4,10)9-8(2)3/h8,11H,5-7H2,1-4H3,(H,9,10). The minimum absolute atomic E-state index is 0.336. The van der Waals surface area contributed by atoms with Crippen LogP contribution < -0.4 is 4.72 Å². The smallest absolute Gasteiger partial charge is 0.0125 e. The molecule has 0 spiro atoms. The van der Waals surface area contributed by atoms with Gasteiger partial charge in [0.15, 0.2) is 0 Å². The van der Waals surface area contributed by atoms with Gasteiger partial charge in [0.1, 0.15) is 0 Å². The summed E-state index contributed by atoms with van der Waals surface area (Å²) in [6.07, 6.45) is 4.02. The molecular formula is C8H21NOS. The van der Waals surface area contributed by atoms with Crippen LogP contribution in [0.3, 0.4) is 0 Å². The van der Waals surface area contributed by atoms with Gasteiger partial charge < -0.3 is 0 Å². The minimum Gasteiger partial charge on any atom is -0.271 e. The number of nitrogens with one attached hydrogen (secondary N) is 1. The van der Waals surface area contributed by atoms with Crippen molar-refractivity contribution in [3.8, 4) is 0 Å². The van der Waals surface area contributed by atoms with Crippen molar-refractivity contribution in [2.45, 2.75) is 39.7 Å². The monoisotopic (exact) mass is 179 g/mol. The Morgan fingerprint density at radius 3 is 2.36 bits per heavy atom. The number of rotatable bonds is 5. The Hall–Kier alpha value is 0.110. The van der Waals surface area contributed by atoms with Crippen LogP contribution in [-0.4, -0.2) is 22.3 Å². The fourth-order valence-electron chi connectivity index (χ4n) is 1.07. The molecule has 3 heteroatoms. The predicted octanol–water partition coefficient (Wildman–Crippen LogP) is 1.35. The summed E-state index contributed by atoms with van der Waals surface area (Å²) in [5.41, 5.74) is 0. The average Bonchev–Trinajstić information content (AvgIpc) is 1.81. The molecule has 0 amide bonds. The molecule has 0 fully saturated rings. The first-order chi connectivity index (χ1) is 4.98. The molecule has 11 heavy (non-hydrogen) atoms. The minimum atomic E-state index is -2.02. The van der Waals surface area contributed by atoms with E-state index in [4.69, 9.17) is 0 Å². The summed E-state index contributed by atoms with van der Waals surface area (Å²) in [5, 5.41) is 0. The van der Waals surface area contributed by atoms with E-state index in [1.54, 1.807) is 0 Å². The molecule has 0 atom stereocenters. The Kier molecular flexibility index (Phi) is 4.93. The van der Waals surface area contributed by atoms with E-state index in [1.165, 1.54) is 0 Å². The van der Waals surface area contributed by atoms with Gasteiger partial charge in [0.05, 0.1) is 0 Å². The Labute approximate surface area is 71.3 Å². The van der Waals surface area contributed by atoms with Crippen LogP contribution in [0.2, 0.25) is 0 Å². The Bertz CT molecular complexity index is 145. The maximum Gasteiger partial charge on any atom is 0.0125 e. The lowest BCUT2D eigenvalue weighted by atomic mass is 10.4. The van der Waals surface area contributed by atoms with Gasteiger partial charge in [-0.2, -0.15) is 0 Å². The van der Waals surface area contributed by atoms with Crippen LogP contribution in [0.5, 0.6) is 0 Å². The summed E-state index contributed by atoms with van der Waals surface area (Å²) >= 11 is 0. The molecule has 0 unspecified atom stereocenters. The van der Waals surface area contributed by atoms with Crippen LogP contribution in [0.25, 0.3) is 0 Å². The highest BCUT2D eigenvalue weighted by molar-refractivity contribution is 8.00. The molecule has 0 aliphatic carbocycles. The first-order valence-corrected chi connectivity index (χ1v) is 6.66. The lowest BCUT2D eigenvalue weighted by Crippen LogP contribution is -2.37. The van der Waals surface area contributed by atoms with Crippen molar-refractivity contribution in [3.63, 3.8) is 0 Å². The van der Waals surface area contributed by atoms with E-state index in [9.17, 15) is 4.21 Å². The van der Waals surface area contributed by atoms with Crippen LogP contribution in [0.1, 0.15) is 33.6 Å². The Morgan fingerprint density at radius 1 is 1.45 bits per heavy atom. The number of unbranched alkanes of at least 4 members (excludes halogenated alkanes) is 1. The molecule has 0 aliphatic heterocycles. The van der Waals surface area contributed by atoms with Gasteiger partial charge in [-0.05, 0) is 20.3 Å². The molecular weight excluding hydrogens is 158 g/mol. The molecule has 0 bridgehead atoms. The van der Waals surface area contributed by atoms with E-state index in [0.717, 1.165) is 18.6 Å². The quantitative estimate of drug-likeness (QED) is 0.613. The van der Waals surface area contributed by atoms with Crippen molar-refractivity contribution in [3.05, 3.63) is 0 Å². The molecule has 0 saturated carbocycles. The molecule has 0 aromatic heterocycles. The van der Waals surface area contributed by atoms with Gasteiger partial charge in [0, 0.05) is 18.1 Å². The third kappa shape index (κ3) is 6.51. The summed E-state index contributed by atoms with van der Waals surface area (Å²) in [6.45, 7) is 6.18. The summed E-state index contributed by atoms with van der Waals surface area (Å²) in [4.78, 5) is 0. The lowest BCUT2D eigenvalue weighted by molar-refractivity contribution is 0.640. The first-order valence-electron chi connectivity index (χ1n) is 4.32. The van der Waals surface area contributed by atoms with E-state index >= 15 is 0 Å². The van der Waals surface area contributed by atoms with Crippen molar-refractivity contribution in [2.75, 3.05) is 12.0 Å². The Balaban J connectivity index is 3.71. The van der Waals surface area contributed by atoms with E-state index in [0.29, 0.717) is 6.04 Å². The SMILES string of the molecule is CCCC[SH](C)(=O)NC(C)C. The topological polar surface area (TPSA) is 29.1 Å². The van der Waals surface area contributed by atoms with Gasteiger partial charge in [0.25, 0.3) is 0 Å². The molecule has 0 heterocycles. The normalized spacial score (nSPS) is 13.9. The van der Waals surface area contributed by atoms with Gasteiger partial charge in [0.2, 0.25) is 0 Å². The summed E-state index contributed by atoms with van der Waals surface area (Å²) in [5.74, 6) is 0.835. The highest BCUT2D eigenvalue weighted by atomic mass is 32.3. The molecule has 0 aromatic carbocycles. The maximum atomic E-state index is 11.7. The van der Waals surface area contributed by atoms with E-state index in [-0.39, 0.29) is 0 Å². The lowest BCUT2D eigenvalue weighted by Gasteiger charge is -2.22.